The van der Waals surface area contributed by atoms with Crippen molar-refractivity contribution in [3.05, 3.63) is 76.1 Å². The largest absolute Gasteiger partial charge is 0.493 e. The number of ether oxygens (including phenoxy) is 2. The summed E-state index contributed by atoms with van der Waals surface area (Å²) in [6.07, 6.45) is 3.74. The minimum atomic E-state index is -0.537. The SMILES string of the molecule is CC(C)COc1ccc(Cl)cc1Cn1cc(NC(=O)c2ccc3c(c2)CCN(C(=O)OC(C)(C)C)C3)cn1. The normalized spacial score (nSPS) is 13.3. The highest BCUT2D eigenvalue weighted by Crippen LogP contribution is 2.26. The fourth-order valence-corrected chi connectivity index (χ4v) is 4.33. The number of carbonyl (C=O) groups is 2. The van der Waals surface area contributed by atoms with Crippen molar-refractivity contribution in [2.24, 2.45) is 5.92 Å². The molecule has 2 heterocycles. The summed E-state index contributed by atoms with van der Waals surface area (Å²) in [5.41, 5.74) is 3.60. The van der Waals surface area contributed by atoms with Gasteiger partial charge < -0.3 is 19.7 Å². The number of carbonyl (C=O) groups excluding carboxylic acids is 2. The van der Waals surface area contributed by atoms with Crippen molar-refractivity contribution in [2.75, 3.05) is 18.5 Å². The number of benzene rings is 2. The second-order valence-corrected chi connectivity index (χ2v) is 11.4. The second kappa shape index (κ2) is 11.5. The Balaban J connectivity index is 1.39. The Hall–Kier alpha value is -3.52. The van der Waals surface area contributed by atoms with Gasteiger partial charge in [-0.1, -0.05) is 31.5 Å². The molecule has 1 N–H and O–H groups in total. The van der Waals surface area contributed by atoms with E-state index in [1.165, 1.54) is 0 Å². The van der Waals surface area contributed by atoms with Gasteiger partial charge in [0, 0.05) is 35.4 Å². The molecule has 0 atom stereocenters. The molecule has 1 aliphatic rings. The van der Waals surface area contributed by atoms with Crippen LogP contribution in [-0.2, 0) is 24.2 Å². The predicted octanol–water partition coefficient (Wildman–Crippen LogP) is 6.17. The summed E-state index contributed by atoms with van der Waals surface area (Å²) in [5.74, 6) is 0.951. The van der Waals surface area contributed by atoms with Gasteiger partial charge in [0.05, 0.1) is 25.0 Å². The van der Waals surface area contributed by atoms with Gasteiger partial charge in [-0.05, 0) is 74.6 Å². The maximum atomic E-state index is 13.0. The van der Waals surface area contributed by atoms with Gasteiger partial charge in [0.2, 0.25) is 0 Å². The van der Waals surface area contributed by atoms with Crippen molar-refractivity contribution in [1.29, 1.82) is 0 Å². The highest BCUT2D eigenvalue weighted by Gasteiger charge is 2.26. The molecule has 3 aromatic rings. The predicted molar refractivity (Wildman–Crippen MR) is 148 cm³/mol. The van der Waals surface area contributed by atoms with E-state index in [1.54, 1.807) is 28.0 Å². The van der Waals surface area contributed by atoms with Gasteiger partial charge >= 0.3 is 6.09 Å². The molecule has 0 fully saturated rings. The third-order valence-electron chi connectivity index (χ3n) is 5.95. The zero-order chi connectivity index (χ0) is 27.4. The minimum absolute atomic E-state index is 0.217. The van der Waals surface area contributed by atoms with Crippen molar-refractivity contribution in [3.8, 4) is 5.75 Å². The van der Waals surface area contributed by atoms with Crippen LogP contribution in [0.3, 0.4) is 0 Å². The molecule has 1 aromatic heterocycles. The number of aromatic nitrogens is 2. The van der Waals surface area contributed by atoms with E-state index < -0.39 is 5.60 Å². The highest BCUT2D eigenvalue weighted by molar-refractivity contribution is 6.30. The van der Waals surface area contributed by atoms with E-state index in [2.05, 4.69) is 24.3 Å². The third kappa shape index (κ3) is 7.28. The van der Waals surface area contributed by atoms with Crippen molar-refractivity contribution in [3.63, 3.8) is 0 Å². The number of amides is 2. The Morgan fingerprint density at radius 3 is 2.66 bits per heavy atom. The van der Waals surface area contributed by atoms with Crippen LogP contribution in [0.1, 0.15) is 61.7 Å². The van der Waals surface area contributed by atoms with Crippen LogP contribution >= 0.6 is 11.6 Å². The molecule has 0 aliphatic carbocycles. The van der Waals surface area contributed by atoms with Gasteiger partial charge in [0.25, 0.3) is 5.91 Å². The summed E-state index contributed by atoms with van der Waals surface area (Å²) in [5, 5.41) is 7.95. The smallest absolute Gasteiger partial charge is 0.410 e. The number of anilines is 1. The first kappa shape index (κ1) is 27.5. The number of halogens is 1. The molecular weight excluding hydrogens is 504 g/mol. The number of nitrogens with one attached hydrogen (secondary N) is 1. The fraction of sp³-hybridized carbons (Fsp3) is 0.414. The van der Waals surface area contributed by atoms with Crippen molar-refractivity contribution < 1.29 is 19.1 Å². The number of hydrogen-bond donors (Lipinski definition) is 1. The summed E-state index contributed by atoms with van der Waals surface area (Å²) in [4.78, 5) is 27.1. The number of rotatable bonds is 7. The molecule has 0 radical (unpaired) electrons. The van der Waals surface area contributed by atoms with Crippen LogP contribution in [0, 0.1) is 5.92 Å². The van der Waals surface area contributed by atoms with Gasteiger partial charge in [-0.25, -0.2) is 4.79 Å². The average molecular weight is 539 g/mol. The van der Waals surface area contributed by atoms with E-state index in [-0.39, 0.29) is 12.0 Å². The Labute approximate surface area is 228 Å². The van der Waals surface area contributed by atoms with Crippen molar-refractivity contribution in [1.82, 2.24) is 14.7 Å². The summed E-state index contributed by atoms with van der Waals surface area (Å²) >= 11 is 6.22. The summed E-state index contributed by atoms with van der Waals surface area (Å²) < 4.78 is 13.2. The minimum Gasteiger partial charge on any atom is -0.493 e. The first-order valence-electron chi connectivity index (χ1n) is 12.8. The molecule has 0 bridgehead atoms. The first-order chi connectivity index (χ1) is 18.0. The lowest BCUT2D eigenvalue weighted by Crippen LogP contribution is -2.39. The second-order valence-electron chi connectivity index (χ2n) is 11.0. The molecule has 0 saturated heterocycles. The quantitative estimate of drug-likeness (QED) is 0.389. The van der Waals surface area contributed by atoms with Gasteiger partial charge in [-0.15, -0.1) is 0 Å². The monoisotopic (exact) mass is 538 g/mol. The molecule has 2 amide bonds. The number of fused-ring (bicyclic) bond motifs is 1. The van der Waals surface area contributed by atoms with Crippen LogP contribution in [-0.4, -0.2) is 45.4 Å². The van der Waals surface area contributed by atoms with Gasteiger partial charge in [0.15, 0.2) is 0 Å². The van der Waals surface area contributed by atoms with E-state index in [1.807, 2.05) is 51.1 Å². The molecule has 8 nitrogen and oxygen atoms in total. The average Bonchev–Trinajstić information content (AvgIpc) is 3.28. The van der Waals surface area contributed by atoms with E-state index in [0.717, 1.165) is 22.4 Å². The maximum Gasteiger partial charge on any atom is 0.410 e. The van der Waals surface area contributed by atoms with Crippen LogP contribution < -0.4 is 10.1 Å². The van der Waals surface area contributed by atoms with Crippen LogP contribution in [0.2, 0.25) is 5.02 Å². The molecule has 2 aromatic carbocycles. The van der Waals surface area contributed by atoms with Crippen LogP contribution in [0.25, 0.3) is 0 Å². The lowest BCUT2D eigenvalue weighted by atomic mass is 9.97. The zero-order valence-corrected chi connectivity index (χ0v) is 23.3. The molecule has 38 heavy (non-hydrogen) atoms. The standard InChI is InChI=1S/C29H35ClN4O4/c1-19(2)18-37-26-9-8-24(30)13-23(26)16-34-17-25(14-31-34)32-27(35)21-6-7-22-15-33(11-10-20(22)12-21)28(36)38-29(3,4)5/h6-9,12-14,17,19H,10-11,15-16,18H2,1-5H3,(H,32,35). The number of hydrogen-bond acceptors (Lipinski definition) is 5. The lowest BCUT2D eigenvalue weighted by Gasteiger charge is -2.31. The van der Waals surface area contributed by atoms with E-state index in [0.29, 0.717) is 54.9 Å². The molecule has 9 heteroatoms. The third-order valence-corrected chi connectivity index (χ3v) is 6.19. The van der Waals surface area contributed by atoms with Gasteiger partial charge in [0.1, 0.15) is 11.4 Å². The summed E-state index contributed by atoms with van der Waals surface area (Å²) in [7, 11) is 0. The van der Waals surface area contributed by atoms with Crippen LogP contribution in [0.15, 0.2) is 48.8 Å². The van der Waals surface area contributed by atoms with E-state index in [4.69, 9.17) is 21.1 Å². The van der Waals surface area contributed by atoms with Crippen LogP contribution in [0.4, 0.5) is 10.5 Å². The molecule has 4 rings (SSSR count). The Morgan fingerprint density at radius 2 is 1.92 bits per heavy atom. The molecule has 0 spiro atoms. The molecular formula is C29H35ClN4O4. The van der Waals surface area contributed by atoms with E-state index >= 15 is 0 Å². The maximum absolute atomic E-state index is 13.0. The topological polar surface area (TPSA) is 85.7 Å². The highest BCUT2D eigenvalue weighted by atomic mass is 35.5. The van der Waals surface area contributed by atoms with Crippen LogP contribution in [0.5, 0.6) is 5.75 Å². The lowest BCUT2D eigenvalue weighted by molar-refractivity contribution is 0.0224. The van der Waals surface area contributed by atoms with Crippen molar-refractivity contribution in [2.45, 2.75) is 59.7 Å². The molecule has 0 saturated carbocycles. The van der Waals surface area contributed by atoms with Crippen molar-refractivity contribution >= 4 is 29.3 Å². The molecule has 202 valence electrons. The fourth-order valence-electron chi connectivity index (χ4n) is 4.14. The summed E-state index contributed by atoms with van der Waals surface area (Å²) in [6, 6.07) is 11.1. The molecule has 0 unspecified atom stereocenters. The van der Waals surface area contributed by atoms with Gasteiger partial charge in [-0.3, -0.25) is 9.48 Å². The Kier molecular flexibility index (Phi) is 8.31. The first-order valence-corrected chi connectivity index (χ1v) is 13.2. The zero-order valence-electron chi connectivity index (χ0n) is 22.6. The van der Waals surface area contributed by atoms with E-state index in [9.17, 15) is 9.59 Å². The molecule has 1 aliphatic heterocycles. The Morgan fingerprint density at radius 1 is 1.13 bits per heavy atom. The van der Waals surface area contributed by atoms with Gasteiger partial charge in [-0.2, -0.15) is 5.10 Å². The summed E-state index contributed by atoms with van der Waals surface area (Å²) in [6.45, 7) is 11.8. The Bertz CT molecular complexity index is 1310. The number of nitrogens with zero attached hydrogens (tertiary/aromatic N) is 3.